The third kappa shape index (κ3) is 3.75. The smallest absolute Gasteiger partial charge is 0.386 e. The molecule has 1 aromatic rings. The van der Waals surface area contributed by atoms with Crippen molar-refractivity contribution in [2.24, 2.45) is 0 Å². The zero-order valence-electron chi connectivity index (χ0n) is 12.7. The average Bonchev–Trinajstić information content (AvgIpc) is 2.24. The van der Waals surface area contributed by atoms with Crippen molar-refractivity contribution in [1.82, 2.24) is 0 Å². The van der Waals surface area contributed by atoms with E-state index in [1.807, 2.05) is 0 Å². The summed E-state index contributed by atoms with van der Waals surface area (Å²) in [4.78, 5) is 0. The van der Waals surface area contributed by atoms with Gasteiger partial charge in [-0.15, -0.1) is 0 Å². The molecule has 0 aromatic heterocycles. The van der Waals surface area contributed by atoms with Crippen LogP contribution in [0, 0.1) is 0 Å². The minimum atomic E-state index is -4.87. The van der Waals surface area contributed by atoms with Crippen molar-refractivity contribution in [1.29, 1.82) is 0 Å². The van der Waals surface area contributed by atoms with Crippen molar-refractivity contribution in [2.75, 3.05) is 0 Å². The van der Waals surface area contributed by atoms with Gasteiger partial charge in [0.15, 0.2) is 5.60 Å². The fourth-order valence-corrected chi connectivity index (χ4v) is 1.78. The van der Waals surface area contributed by atoms with E-state index >= 15 is 0 Å². The summed E-state index contributed by atoms with van der Waals surface area (Å²) in [6.07, 6.45) is -4.87. The van der Waals surface area contributed by atoms with Crippen LogP contribution in [0.2, 0.25) is 0 Å². The molecule has 0 heterocycles. The van der Waals surface area contributed by atoms with Crippen LogP contribution < -0.4 is 0 Å². The molecule has 0 fully saturated rings. The van der Waals surface area contributed by atoms with Gasteiger partial charge in [-0.1, -0.05) is 6.07 Å². The van der Waals surface area contributed by atoms with Crippen molar-refractivity contribution < 1.29 is 28.5 Å². The van der Waals surface area contributed by atoms with E-state index in [-0.39, 0.29) is 11.1 Å². The lowest BCUT2D eigenvalue weighted by Gasteiger charge is -2.31. The molecule has 1 rings (SSSR count). The van der Waals surface area contributed by atoms with Crippen LogP contribution in [0.3, 0.4) is 0 Å². The van der Waals surface area contributed by atoms with Gasteiger partial charge in [0.25, 0.3) is 0 Å². The van der Waals surface area contributed by atoms with E-state index in [1.165, 1.54) is 33.8 Å². The van der Waals surface area contributed by atoms with Gasteiger partial charge in [-0.25, -0.2) is 0 Å². The molecule has 0 aliphatic rings. The van der Waals surface area contributed by atoms with Gasteiger partial charge < -0.3 is 15.3 Å². The van der Waals surface area contributed by atoms with Gasteiger partial charge in [-0.2, -0.15) is 13.2 Å². The molecule has 0 saturated carbocycles. The van der Waals surface area contributed by atoms with E-state index in [0.29, 0.717) is 6.92 Å². The first-order valence-corrected chi connectivity index (χ1v) is 6.47. The Labute approximate surface area is 122 Å². The highest BCUT2D eigenvalue weighted by Crippen LogP contribution is 2.41. The number of halogens is 3. The maximum atomic E-state index is 13.0. The van der Waals surface area contributed by atoms with Crippen molar-refractivity contribution in [3.05, 3.63) is 34.9 Å². The van der Waals surface area contributed by atoms with Gasteiger partial charge in [0.1, 0.15) is 0 Å². The molecule has 0 spiro atoms. The number of rotatable bonds is 3. The number of benzene rings is 1. The quantitative estimate of drug-likeness (QED) is 0.804. The van der Waals surface area contributed by atoms with Gasteiger partial charge in [0.05, 0.1) is 11.2 Å². The molecule has 3 nitrogen and oxygen atoms in total. The van der Waals surface area contributed by atoms with E-state index < -0.39 is 28.5 Å². The molecule has 0 radical (unpaired) electrons. The molecular formula is C15H21F3O3. The zero-order valence-corrected chi connectivity index (χ0v) is 12.7. The summed E-state index contributed by atoms with van der Waals surface area (Å²) < 4.78 is 39.0. The molecule has 0 aliphatic carbocycles. The van der Waals surface area contributed by atoms with Crippen molar-refractivity contribution in [3.8, 4) is 0 Å². The summed E-state index contributed by atoms with van der Waals surface area (Å²) in [7, 11) is 0. The normalized spacial score (nSPS) is 16.7. The number of alkyl halides is 3. The van der Waals surface area contributed by atoms with Crippen LogP contribution in [0.25, 0.3) is 0 Å². The Morgan fingerprint density at radius 2 is 0.952 bits per heavy atom. The molecule has 21 heavy (non-hydrogen) atoms. The zero-order chi connectivity index (χ0) is 16.9. The molecular weight excluding hydrogens is 285 g/mol. The number of hydrogen-bond donors (Lipinski definition) is 3. The molecule has 0 aliphatic heterocycles. The number of hydrogen-bond acceptors (Lipinski definition) is 3. The first kappa shape index (κ1) is 17.9. The Bertz CT molecular complexity index is 488. The predicted molar refractivity (Wildman–Crippen MR) is 72.6 cm³/mol. The van der Waals surface area contributed by atoms with Crippen LogP contribution in [0.1, 0.15) is 51.3 Å². The minimum Gasteiger partial charge on any atom is -0.386 e. The van der Waals surface area contributed by atoms with Crippen LogP contribution in [-0.2, 0) is 16.8 Å². The second kappa shape index (κ2) is 4.97. The summed E-state index contributed by atoms with van der Waals surface area (Å²) in [5.41, 5.74) is -5.95. The standard InChI is InChI=1S/C15H21F3O3/c1-12(2,19)9-6-10(13(3,4)20)8-11(7-9)14(5,21)15(16,17)18/h6-8,19-21H,1-5H3. The SMILES string of the molecule is CC(C)(O)c1cc(C(C)(C)O)cc(C(C)(O)C(F)(F)F)c1. The van der Waals surface area contributed by atoms with E-state index in [2.05, 4.69) is 0 Å². The molecule has 6 heteroatoms. The summed E-state index contributed by atoms with van der Waals surface area (Å²) in [6, 6.07) is 3.63. The largest absolute Gasteiger partial charge is 0.421 e. The summed E-state index contributed by atoms with van der Waals surface area (Å²) in [5.74, 6) is 0. The van der Waals surface area contributed by atoms with Crippen LogP contribution in [0.4, 0.5) is 13.2 Å². The van der Waals surface area contributed by atoms with Crippen LogP contribution in [-0.4, -0.2) is 21.5 Å². The highest BCUT2D eigenvalue weighted by atomic mass is 19.4. The lowest BCUT2D eigenvalue weighted by molar-refractivity contribution is -0.259. The van der Waals surface area contributed by atoms with Gasteiger partial charge >= 0.3 is 6.18 Å². The second-order valence-corrected chi connectivity index (χ2v) is 6.49. The maximum absolute atomic E-state index is 13.0. The second-order valence-electron chi connectivity index (χ2n) is 6.49. The summed E-state index contributed by atoms with van der Waals surface area (Å²) >= 11 is 0. The minimum absolute atomic E-state index is 0.182. The fraction of sp³-hybridized carbons (Fsp3) is 0.600. The predicted octanol–water partition coefficient (Wildman–Crippen LogP) is 2.91. The average molecular weight is 306 g/mol. The summed E-state index contributed by atoms with van der Waals surface area (Å²) in [5, 5.41) is 29.9. The molecule has 3 N–H and O–H groups in total. The fourth-order valence-electron chi connectivity index (χ4n) is 1.78. The Kier molecular flexibility index (Phi) is 4.24. The van der Waals surface area contributed by atoms with E-state index in [0.717, 1.165) is 12.1 Å². The third-order valence-corrected chi connectivity index (χ3v) is 3.46. The van der Waals surface area contributed by atoms with Crippen LogP contribution in [0.15, 0.2) is 18.2 Å². The van der Waals surface area contributed by atoms with Gasteiger partial charge in [-0.3, -0.25) is 0 Å². The molecule has 1 unspecified atom stereocenters. The molecule has 0 saturated heterocycles. The highest BCUT2D eigenvalue weighted by Gasteiger charge is 2.51. The first-order chi connectivity index (χ1) is 9.07. The molecule has 0 bridgehead atoms. The highest BCUT2D eigenvalue weighted by molar-refractivity contribution is 5.38. The molecule has 1 aromatic carbocycles. The molecule has 0 amide bonds. The van der Waals surface area contributed by atoms with Gasteiger partial charge in [0.2, 0.25) is 0 Å². The van der Waals surface area contributed by atoms with Crippen molar-refractivity contribution >= 4 is 0 Å². The molecule has 1 atom stereocenters. The van der Waals surface area contributed by atoms with E-state index in [4.69, 9.17) is 0 Å². The third-order valence-electron chi connectivity index (χ3n) is 3.46. The molecule has 120 valence electrons. The van der Waals surface area contributed by atoms with Crippen molar-refractivity contribution in [2.45, 2.75) is 57.6 Å². The van der Waals surface area contributed by atoms with Gasteiger partial charge in [-0.05, 0) is 63.4 Å². The maximum Gasteiger partial charge on any atom is 0.421 e. The van der Waals surface area contributed by atoms with Crippen molar-refractivity contribution in [3.63, 3.8) is 0 Å². The van der Waals surface area contributed by atoms with Crippen LogP contribution >= 0.6 is 0 Å². The van der Waals surface area contributed by atoms with Gasteiger partial charge in [0, 0.05) is 0 Å². The Hall–Kier alpha value is -1.11. The Morgan fingerprint density at radius 1 is 0.667 bits per heavy atom. The van der Waals surface area contributed by atoms with E-state index in [1.54, 1.807) is 0 Å². The lowest BCUT2D eigenvalue weighted by atomic mass is 9.84. The van der Waals surface area contributed by atoms with Crippen LogP contribution in [0.5, 0.6) is 0 Å². The van der Waals surface area contributed by atoms with E-state index in [9.17, 15) is 28.5 Å². The Morgan fingerprint density at radius 3 is 1.19 bits per heavy atom. The topological polar surface area (TPSA) is 60.7 Å². The summed E-state index contributed by atoms with van der Waals surface area (Å²) in [6.45, 7) is 6.32. The first-order valence-electron chi connectivity index (χ1n) is 6.47. The Balaban J connectivity index is 3.61. The lowest BCUT2D eigenvalue weighted by Crippen LogP contribution is -2.40. The number of aliphatic hydroxyl groups is 3. The monoisotopic (exact) mass is 306 g/mol.